The lowest BCUT2D eigenvalue weighted by Crippen LogP contribution is -2.14. The molecule has 0 radical (unpaired) electrons. The molecule has 0 aliphatic rings. The zero-order valence-electron chi connectivity index (χ0n) is 12.1. The maximum atomic E-state index is 13.7. The van der Waals surface area contributed by atoms with Crippen LogP contribution in [0, 0.1) is 12.7 Å². The van der Waals surface area contributed by atoms with Gasteiger partial charge in [-0.15, -0.1) is 0 Å². The standard InChI is InChI=1S/C16H18FN3O/c1-3-7-18-15-10-12(6-8-19-15)16(21)20-14-5-4-11(2)9-13(14)17/h4-6,8-10H,3,7H2,1-2H3,(H,18,19)(H,20,21). The van der Waals surface area contributed by atoms with E-state index in [0.717, 1.165) is 18.5 Å². The number of nitrogens with zero attached hydrogens (tertiary/aromatic N) is 1. The number of halogens is 1. The minimum Gasteiger partial charge on any atom is -0.370 e. The molecule has 1 amide bonds. The minimum absolute atomic E-state index is 0.172. The van der Waals surface area contributed by atoms with E-state index in [2.05, 4.69) is 15.6 Å². The number of hydrogen-bond acceptors (Lipinski definition) is 3. The molecule has 0 aliphatic carbocycles. The van der Waals surface area contributed by atoms with Crippen molar-refractivity contribution in [2.24, 2.45) is 0 Å². The van der Waals surface area contributed by atoms with Crippen molar-refractivity contribution in [3.63, 3.8) is 0 Å². The van der Waals surface area contributed by atoms with Crippen molar-refractivity contribution in [1.29, 1.82) is 0 Å². The number of rotatable bonds is 5. The van der Waals surface area contributed by atoms with Crippen molar-refractivity contribution in [3.05, 3.63) is 53.5 Å². The topological polar surface area (TPSA) is 54.0 Å². The average Bonchev–Trinajstić information content (AvgIpc) is 2.48. The molecule has 1 heterocycles. The Morgan fingerprint density at radius 1 is 1.29 bits per heavy atom. The van der Waals surface area contributed by atoms with E-state index in [1.807, 2.05) is 6.92 Å². The highest BCUT2D eigenvalue weighted by Gasteiger charge is 2.10. The highest BCUT2D eigenvalue weighted by Crippen LogP contribution is 2.17. The quantitative estimate of drug-likeness (QED) is 0.883. The number of hydrogen-bond donors (Lipinski definition) is 2. The zero-order chi connectivity index (χ0) is 15.2. The van der Waals surface area contributed by atoms with E-state index >= 15 is 0 Å². The Labute approximate surface area is 123 Å². The summed E-state index contributed by atoms with van der Waals surface area (Å²) in [6.45, 7) is 4.62. The van der Waals surface area contributed by atoms with Gasteiger partial charge in [-0.05, 0) is 43.2 Å². The number of nitrogens with one attached hydrogen (secondary N) is 2. The molecule has 0 fully saturated rings. The first kappa shape index (κ1) is 15.0. The third kappa shape index (κ3) is 4.02. The molecule has 0 aliphatic heterocycles. The van der Waals surface area contributed by atoms with E-state index in [1.54, 1.807) is 37.4 Å². The van der Waals surface area contributed by atoms with Crippen LogP contribution in [0.5, 0.6) is 0 Å². The summed E-state index contributed by atoms with van der Waals surface area (Å²) in [6, 6.07) is 7.94. The van der Waals surface area contributed by atoms with Gasteiger partial charge < -0.3 is 10.6 Å². The Bertz CT molecular complexity index is 643. The second kappa shape index (κ2) is 6.83. The Morgan fingerprint density at radius 3 is 2.81 bits per heavy atom. The molecule has 0 unspecified atom stereocenters. The number of carbonyl (C=O) groups is 1. The minimum atomic E-state index is -0.443. The summed E-state index contributed by atoms with van der Waals surface area (Å²) < 4.78 is 13.7. The fourth-order valence-electron chi connectivity index (χ4n) is 1.84. The number of pyridine rings is 1. The van der Waals surface area contributed by atoms with E-state index in [9.17, 15) is 9.18 Å². The van der Waals surface area contributed by atoms with Crippen LogP contribution in [-0.2, 0) is 0 Å². The van der Waals surface area contributed by atoms with E-state index < -0.39 is 5.82 Å². The van der Waals surface area contributed by atoms with Gasteiger partial charge in [0.15, 0.2) is 0 Å². The number of amides is 1. The summed E-state index contributed by atoms with van der Waals surface area (Å²) in [4.78, 5) is 16.3. The highest BCUT2D eigenvalue weighted by atomic mass is 19.1. The molecule has 1 aromatic heterocycles. The lowest BCUT2D eigenvalue weighted by molar-refractivity contribution is 0.102. The van der Waals surface area contributed by atoms with Crippen molar-refractivity contribution in [3.8, 4) is 0 Å². The van der Waals surface area contributed by atoms with Gasteiger partial charge in [-0.2, -0.15) is 0 Å². The van der Waals surface area contributed by atoms with Crippen LogP contribution in [0.1, 0.15) is 29.3 Å². The molecule has 0 atom stereocenters. The van der Waals surface area contributed by atoms with Crippen molar-refractivity contribution in [2.75, 3.05) is 17.2 Å². The molecule has 4 nitrogen and oxygen atoms in total. The third-order valence-corrected chi connectivity index (χ3v) is 2.95. The Hall–Kier alpha value is -2.43. The normalized spacial score (nSPS) is 10.2. The number of carbonyl (C=O) groups excluding carboxylic acids is 1. The van der Waals surface area contributed by atoms with Gasteiger partial charge in [-0.1, -0.05) is 13.0 Å². The molecule has 0 bridgehead atoms. The summed E-state index contributed by atoms with van der Waals surface area (Å²) in [5.74, 6) is -0.171. The maximum Gasteiger partial charge on any atom is 0.255 e. The van der Waals surface area contributed by atoms with E-state index in [0.29, 0.717) is 11.4 Å². The highest BCUT2D eigenvalue weighted by molar-refractivity contribution is 6.04. The maximum absolute atomic E-state index is 13.7. The van der Waals surface area contributed by atoms with Crippen LogP contribution in [-0.4, -0.2) is 17.4 Å². The molecular weight excluding hydrogens is 269 g/mol. The molecule has 5 heteroatoms. The molecule has 2 aromatic rings. The third-order valence-electron chi connectivity index (χ3n) is 2.95. The molecule has 21 heavy (non-hydrogen) atoms. The molecule has 1 aromatic carbocycles. The van der Waals surface area contributed by atoms with E-state index in [-0.39, 0.29) is 11.6 Å². The Balaban J connectivity index is 2.12. The van der Waals surface area contributed by atoms with Gasteiger partial charge in [0, 0.05) is 18.3 Å². The second-order valence-electron chi connectivity index (χ2n) is 4.79. The first-order valence-corrected chi connectivity index (χ1v) is 6.87. The second-order valence-corrected chi connectivity index (χ2v) is 4.79. The molecule has 0 saturated carbocycles. The van der Waals surface area contributed by atoms with E-state index in [1.165, 1.54) is 6.07 Å². The summed E-state index contributed by atoms with van der Waals surface area (Å²) in [7, 11) is 0. The monoisotopic (exact) mass is 287 g/mol. The summed E-state index contributed by atoms with van der Waals surface area (Å²) >= 11 is 0. The number of aromatic nitrogens is 1. The first-order chi connectivity index (χ1) is 10.1. The van der Waals surface area contributed by atoms with Crippen LogP contribution in [0.15, 0.2) is 36.5 Å². The van der Waals surface area contributed by atoms with Gasteiger partial charge in [0.25, 0.3) is 5.91 Å². The number of benzene rings is 1. The van der Waals surface area contributed by atoms with Crippen LogP contribution >= 0.6 is 0 Å². The smallest absolute Gasteiger partial charge is 0.255 e. The molecule has 2 N–H and O–H groups in total. The van der Waals surface area contributed by atoms with Crippen molar-refractivity contribution < 1.29 is 9.18 Å². The fraction of sp³-hybridized carbons (Fsp3) is 0.250. The van der Waals surface area contributed by atoms with Crippen LogP contribution in [0.2, 0.25) is 0 Å². The Morgan fingerprint density at radius 2 is 2.10 bits per heavy atom. The van der Waals surface area contributed by atoms with Gasteiger partial charge in [0.1, 0.15) is 11.6 Å². The van der Waals surface area contributed by atoms with Gasteiger partial charge in [-0.3, -0.25) is 4.79 Å². The molecule has 0 spiro atoms. The van der Waals surface area contributed by atoms with Crippen molar-refractivity contribution in [1.82, 2.24) is 4.98 Å². The lowest BCUT2D eigenvalue weighted by Gasteiger charge is -2.08. The first-order valence-electron chi connectivity index (χ1n) is 6.87. The fourth-order valence-corrected chi connectivity index (χ4v) is 1.84. The average molecular weight is 287 g/mol. The lowest BCUT2D eigenvalue weighted by atomic mass is 10.2. The molecule has 0 saturated heterocycles. The van der Waals surface area contributed by atoms with Crippen LogP contribution in [0.25, 0.3) is 0 Å². The number of anilines is 2. The van der Waals surface area contributed by atoms with Gasteiger partial charge >= 0.3 is 0 Å². The molecule has 110 valence electrons. The predicted molar refractivity (Wildman–Crippen MR) is 82.1 cm³/mol. The Kier molecular flexibility index (Phi) is 4.87. The van der Waals surface area contributed by atoms with Crippen molar-refractivity contribution >= 4 is 17.4 Å². The zero-order valence-corrected chi connectivity index (χ0v) is 12.1. The summed E-state index contributed by atoms with van der Waals surface area (Å²) in [5, 5.41) is 5.67. The van der Waals surface area contributed by atoms with Gasteiger partial charge in [0.2, 0.25) is 0 Å². The predicted octanol–water partition coefficient (Wildman–Crippen LogP) is 3.60. The summed E-state index contributed by atoms with van der Waals surface area (Å²) in [6.07, 6.45) is 2.52. The van der Waals surface area contributed by atoms with Crippen LogP contribution in [0.4, 0.5) is 15.9 Å². The molecule has 2 rings (SSSR count). The van der Waals surface area contributed by atoms with E-state index in [4.69, 9.17) is 0 Å². The SMILES string of the molecule is CCCNc1cc(C(=O)Nc2ccc(C)cc2F)ccn1. The van der Waals surface area contributed by atoms with Crippen LogP contribution in [0.3, 0.4) is 0 Å². The summed E-state index contributed by atoms with van der Waals surface area (Å²) in [5.41, 5.74) is 1.41. The molecular formula is C16H18FN3O. The van der Waals surface area contributed by atoms with Gasteiger partial charge in [0.05, 0.1) is 5.69 Å². The number of aryl methyl sites for hydroxylation is 1. The van der Waals surface area contributed by atoms with Gasteiger partial charge in [-0.25, -0.2) is 9.37 Å². The van der Waals surface area contributed by atoms with Crippen molar-refractivity contribution in [2.45, 2.75) is 20.3 Å². The van der Waals surface area contributed by atoms with Crippen LogP contribution < -0.4 is 10.6 Å². The largest absolute Gasteiger partial charge is 0.370 e.